The number of rotatable bonds is 7. The molecule has 20 heavy (non-hydrogen) atoms. The number of carbonyl (C=O) groups is 1. The molecule has 7 nitrogen and oxygen atoms in total. The Balaban J connectivity index is 2.45. The molecule has 0 unspecified atom stereocenters. The highest BCUT2D eigenvalue weighted by Gasteiger charge is 2.23. The number of aliphatic hydroxyl groups is 1. The number of nitrogens with two attached hydrogens (primary N) is 1. The van der Waals surface area contributed by atoms with Crippen LogP contribution in [0, 0.1) is 11.3 Å². The van der Waals surface area contributed by atoms with E-state index in [-0.39, 0.29) is 18.1 Å². The molecule has 1 saturated heterocycles. The lowest BCUT2D eigenvalue weighted by Gasteiger charge is -2.34. The van der Waals surface area contributed by atoms with Crippen LogP contribution in [0.25, 0.3) is 0 Å². The molecule has 7 heteroatoms. The quantitative estimate of drug-likeness (QED) is 0.297. The average molecular weight is 281 g/mol. The monoisotopic (exact) mass is 281 g/mol. The van der Waals surface area contributed by atoms with Gasteiger partial charge in [0.05, 0.1) is 0 Å². The Labute approximate surface area is 119 Å². The van der Waals surface area contributed by atoms with Crippen molar-refractivity contribution in [1.82, 2.24) is 15.1 Å². The SMILES string of the molecule is N#C/C(=C/NCCCO)C(=O)N1CCN(CCN)CC1. The van der Waals surface area contributed by atoms with Crippen molar-refractivity contribution in [3.8, 4) is 6.07 Å². The molecule has 112 valence electrons. The Kier molecular flexibility index (Phi) is 7.65. The van der Waals surface area contributed by atoms with Crippen LogP contribution >= 0.6 is 0 Å². The summed E-state index contributed by atoms with van der Waals surface area (Å²) in [6, 6.07) is 1.92. The second-order valence-electron chi connectivity index (χ2n) is 4.62. The smallest absolute Gasteiger partial charge is 0.266 e. The average Bonchev–Trinajstić information content (AvgIpc) is 2.48. The lowest BCUT2D eigenvalue weighted by Crippen LogP contribution is -2.50. The number of nitrogens with zero attached hydrogens (tertiary/aromatic N) is 3. The van der Waals surface area contributed by atoms with Crippen molar-refractivity contribution in [2.45, 2.75) is 6.42 Å². The lowest BCUT2D eigenvalue weighted by atomic mass is 10.2. The molecule has 0 aliphatic carbocycles. The number of aliphatic hydroxyl groups excluding tert-OH is 1. The number of carbonyl (C=O) groups excluding carboxylic acids is 1. The summed E-state index contributed by atoms with van der Waals surface area (Å²) in [7, 11) is 0. The molecular weight excluding hydrogens is 258 g/mol. The highest BCUT2D eigenvalue weighted by molar-refractivity contribution is 5.97. The van der Waals surface area contributed by atoms with E-state index in [0.717, 1.165) is 19.6 Å². The summed E-state index contributed by atoms with van der Waals surface area (Å²) >= 11 is 0. The predicted octanol–water partition coefficient (Wildman–Crippen LogP) is -1.53. The van der Waals surface area contributed by atoms with E-state index in [1.54, 1.807) is 4.90 Å². The Bertz CT molecular complexity index is 369. The van der Waals surface area contributed by atoms with Crippen LogP contribution in [0.3, 0.4) is 0 Å². The molecule has 0 aromatic rings. The largest absolute Gasteiger partial charge is 0.396 e. The van der Waals surface area contributed by atoms with Crippen LogP contribution in [-0.2, 0) is 4.79 Å². The van der Waals surface area contributed by atoms with Crippen LogP contribution in [0.5, 0.6) is 0 Å². The lowest BCUT2D eigenvalue weighted by molar-refractivity contribution is -0.128. The number of piperazine rings is 1. The van der Waals surface area contributed by atoms with Gasteiger partial charge in [0, 0.05) is 58.6 Å². The van der Waals surface area contributed by atoms with Crippen LogP contribution in [-0.4, -0.2) is 73.2 Å². The first-order valence-electron chi connectivity index (χ1n) is 6.89. The van der Waals surface area contributed by atoms with Gasteiger partial charge in [-0.05, 0) is 6.42 Å². The summed E-state index contributed by atoms with van der Waals surface area (Å²) < 4.78 is 0. The van der Waals surface area contributed by atoms with Crippen LogP contribution < -0.4 is 11.1 Å². The standard InChI is InChI=1S/C13H23N5O2/c14-2-4-17-5-7-18(8-6-17)13(20)12(10-15)11-16-3-1-9-19/h11,16,19H,1-9,14H2/b12-11-. The van der Waals surface area contributed by atoms with E-state index in [1.165, 1.54) is 6.20 Å². The molecule has 1 fully saturated rings. The maximum absolute atomic E-state index is 12.2. The van der Waals surface area contributed by atoms with Gasteiger partial charge in [-0.25, -0.2) is 0 Å². The fourth-order valence-electron chi connectivity index (χ4n) is 2.02. The highest BCUT2D eigenvalue weighted by atomic mass is 16.3. The van der Waals surface area contributed by atoms with Crippen LogP contribution in [0.2, 0.25) is 0 Å². The molecule has 0 spiro atoms. The van der Waals surface area contributed by atoms with Gasteiger partial charge in [0.1, 0.15) is 11.6 Å². The number of amides is 1. The normalized spacial score (nSPS) is 16.9. The first kappa shape index (κ1) is 16.4. The molecule has 0 aromatic carbocycles. The van der Waals surface area contributed by atoms with Gasteiger partial charge >= 0.3 is 0 Å². The van der Waals surface area contributed by atoms with Crippen molar-refractivity contribution in [2.24, 2.45) is 5.73 Å². The molecule has 4 N–H and O–H groups in total. The zero-order chi connectivity index (χ0) is 14.8. The van der Waals surface area contributed by atoms with Crippen molar-refractivity contribution >= 4 is 5.91 Å². The van der Waals surface area contributed by atoms with E-state index in [9.17, 15) is 4.79 Å². The van der Waals surface area contributed by atoms with E-state index in [0.29, 0.717) is 32.6 Å². The molecule has 1 heterocycles. The zero-order valence-electron chi connectivity index (χ0n) is 11.7. The molecule has 1 rings (SSSR count). The highest BCUT2D eigenvalue weighted by Crippen LogP contribution is 2.06. The van der Waals surface area contributed by atoms with Gasteiger partial charge < -0.3 is 21.1 Å². The predicted molar refractivity (Wildman–Crippen MR) is 75.5 cm³/mol. The minimum Gasteiger partial charge on any atom is -0.396 e. The summed E-state index contributed by atoms with van der Waals surface area (Å²) in [5, 5.41) is 20.6. The topological polar surface area (TPSA) is 106 Å². The van der Waals surface area contributed by atoms with E-state index in [2.05, 4.69) is 10.2 Å². The fraction of sp³-hybridized carbons (Fsp3) is 0.692. The second-order valence-corrected chi connectivity index (χ2v) is 4.62. The van der Waals surface area contributed by atoms with Crippen LogP contribution in [0.4, 0.5) is 0 Å². The third-order valence-electron chi connectivity index (χ3n) is 3.18. The molecule has 0 radical (unpaired) electrons. The van der Waals surface area contributed by atoms with Gasteiger partial charge in [-0.1, -0.05) is 0 Å². The van der Waals surface area contributed by atoms with Gasteiger partial charge in [-0.3, -0.25) is 9.69 Å². The number of nitriles is 1. The zero-order valence-corrected chi connectivity index (χ0v) is 11.7. The maximum Gasteiger partial charge on any atom is 0.266 e. The second kappa shape index (κ2) is 9.31. The van der Waals surface area contributed by atoms with Crippen molar-refractivity contribution in [3.05, 3.63) is 11.8 Å². The molecule has 1 amide bonds. The first-order valence-corrected chi connectivity index (χ1v) is 6.89. The Morgan fingerprint density at radius 1 is 1.40 bits per heavy atom. The molecule has 0 saturated carbocycles. The van der Waals surface area contributed by atoms with E-state index < -0.39 is 0 Å². The van der Waals surface area contributed by atoms with Crippen molar-refractivity contribution in [1.29, 1.82) is 5.26 Å². The van der Waals surface area contributed by atoms with Gasteiger partial charge in [-0.15, -0.1) is 0 Å². The third kappa shape index (κ3) is 5.17. The van der Waals surface area contributed by atoms with Gasteiger partial charge in [0.2, 0.25) is 0 Å². The minimum absolute atomic E-state index is 0.0831. The van der Waals surface area contributed by atoms with Crippen molar-refractivity contribution in [2.75, 3.05) is 52.4 Å². The number of nitrogens with one attached hydrogen (secondary N) is 1. The van der Waals surface area contributed by atoms with E-state index >= 15 is 0 Å². The molecule has 1 aliphatic rings. The Morgan fingerprint density at radius 2 is 2.10 bits per heavy atom. The van der Waals surface area contributed by atoms with E-state index in [1.807, 2.05) is 6.07 Å². The van der Waals surface area contributed by atoms with Gasteiger partial charge in [0.15, 0.2) is 0 Å². The van der Waals surface area contributed by atoms with Crippen molar-refractivity contribution < 1.29 is 9.90 Å². The molecule has 1 aliphatic heterocycles. The third-order valence-corrected chi connectivity index (χ3v) is 3.18. The summed E-state index contributed by atoms with van der Waals surface area (Å²) in [5.74, 6) is -0.239. The number of hydrogen-bond donors (Lipinski definition) is 3. The molecular formula is C13H23N5O2. The maximum atomic E-state index is 12.2. The summed E-state index contributed by atoms with van der Waals surface area (Å²) in [4.78, 5) is 16.1. The first-order chi connectivity index (χ1) is 9.72. The minimum atomic E-state index is -0.239. The Morgan fingerprint density at radius 3 is 2.65 bits per heavy atom. The fourth-order valence-corrected chi connectivity index (χ4v) is 2.02. The van der Waals surface area contributed by atoms with Crippen LogP contribution in [0.15, 0.2) is 11.8 Å². The summed E-state index contributed by atoms with van der Waals surface area (Å²) in [6.07, 6.45) is 2.02. The number of hydrogen-bond acceptors (Lipinski definition) is 6. The van der Waals surface area contributed by atoms with E-state index in [4.69, 9.17) is 16.1 Å². The van der Waals surface area contributed by atoms with Crippen LogP contribution in [0.1, 0.15) is 6.42 Å². The summed E-state index contributed by atoms with van der Waals surface area (Å²) in [6.45, 7) is 4.90. The van der Waals surface area contributed by atoms with Gasteiger partial charge in [0.25, 0.3) is 5.91 Å². The summed E-state index contributed by atoms with van der Waals surface area (Å²) in [5.41, 5.74) is 5.61. The van der Waals surface area contributed by atoms with Gasteiger partial charge in [-0.2, -0.15) is 5.26 Å². The molecule has 0 atom stereocenters. The Hall–Kier alpha value is -1.62. The van der Waals surface area contributed by atoms with Crippen molar-refractivity contribution in [3.63, 3.8) is 0 Å². The molecule has 0 bridgehead atoms. The molecule has 0 aromatic heterocycles.